The minimum atomic E-state index is 0.717. The van der Waals surface area contributed by atoms with E-state index >= 15 is 0 Å². The highest BCUT2D eigenvalue weighted by atomic mass is 32.2. The van der Waals surface area contributed by atoms with Gasteiger partial charge in [-0.1, -0.05) is 6.92 Å². The van der Waals surface area contributed by atoms with Gasteiger partial charge in [-0.05, 0) is 30.9 Å². The van der Waals surface area contributed by atoms with Gasteiger partial charge in [0.2, 0.25) is 0 Å². The van der Waals surface area contributed by atoms with Crippen molar-refractivity contribution in [1.82, 2.24) is 10.2 Å². The molecule has 1 N–H and O–H groups in total. The van der Waals surface area contributed by atoms with Crippen LogP contribution in [0.25, 0.3) is 0 Å². The number of thiophene rings is 1. The predicted molar refractivity (Wildman–Crippen MR) is 83.7 cm³/mol. The van der Waals surface area contributed by atoms with Crippen molar-refractivity contribution in [2.24, 2.45) is 0 Å². The van der Waals surface area contributed by atoms with Gasteiger partial charge >= 0.3 is 0 Å². The summed E-state index contributed by atoms with van der Waals surface area (Å²) in [6.45, 7) is 11.4. The SMILES string of the molecule is Cc1ccsc1CNCCN1CCSC(C)C1C. The van der Waals surface area contributed by atoms with Crippen LogP contribution in [0, 0.1) is 6.92 Å². The van der Waals surface area contributed by atoms with Crippen molar-refractivity contribution in [2.75, 3.05) is 25.4 Å². The highest BCUT2D eigenvalue weighted by Crippen LogP contribution is 2.23. The number of nitrogens with zero attached hydrogens (tertiary/aromatic N) is 1. The molecule has 2 rings (SSSR count). The molecule has 1 aromatic heterocycles. The molecule has 0 radical (unpaired) electrons. The number of aryl methyl sites for hydroxylation is 1. The van der Waals surface area contributed by atoms with Gasteiger partial charge in [-0.25, -0.2) is 0 Å². The van der Waals surface area contributed by atoms with E-state index in [4.69, 9.17) is 0 Å². The molecule has 0 saturated carbocycles. The number of hydrogen-bond donors (Lipinski definition) is 1. The summed E-state index contributed by atoms with van der Waals surface area (Å²) in [6, 6.07) is 2.92. The molecule has 2 atom stereocenters. The van der Waals surface area contributed by atoms with Gasteiger partial charge in [-0.3, -0.25) is 4.90 Å². The van der Waals surface area contributed by atoms with Gasteiger partial charge in [0.25, 0.3) is 0 Å². The molecule has 0 amide bonds. The molecule has 1 fully saturated rings. The minimum absolute atomic E-state index is 0.717. The number of thioether (sulfide) groups is 1. The van der Waals surface area contributed by atoms with Crippen molar-refractivity contribution >= 4 is 23.1 Å². The third kappa shape index (κ3) is 3.73. The molecule has 1 saturated heterocycles. The Balaban J connectivity index is 1.67. The van der Waals surface area contributed by atoms with Gasteiger partial charge in [-0.2, -0.15) is 11.8 Å². The van der Waals surface area contributed by atoms with Crippen LogP contribution in [0.2, 0.25) is 0 Å². The van der Waals surface area contributed by atoms with Crippen LogP contribution in [-0.2, 0) is 6.54 Å². The Morgan fingerprint density at radius 1 is 1.44 bits per heavy atom. The number of rotatable bonds is 5. The van der Waals surface area contributed by atoms with E-state index in [1.807, 2.05) is 11.3 Å². The zero-order chi connectivity index (χ0) is 13.0. The van der Waals surface area contributed by atoms with E-state index in [2.05, 4.69) is 54.2 Å². The zero-order valence-electron chi connectivity index (χ0n) is 11.6. The topological polar surface area (TPSA) is 15.3 Å². The highest BCUT2D eigenvalue weighted by Gasteiger charge is 2.24. The molecule has 1 aromatic rings. The Morgan fingerprint density at radius 3 is 3.00 bits per heavy atom. The lowest BCUT2D eigenvalue weighted by molar-refractivity contribution is 0.213. The van der Waals surface area contributed by atoms with E-state index in [-0.39, 0.29) is 0 Å². The lowest BCUT2D eigenvalue weighted by Gasteiger charge is -2.37. The van der Waals surface area contributed by atoms with Gasteiger partial charge in [0.1, 0.15) is 0 Å². The molecule has 1 aliphatic rings. The fraction of sp³-hybridized carbons (Fsp3) is 0.714. The lowest BCUT2D eigenvalue weighted by Crippen LogP contribution is -2.47. The Hall–Kier alpha value is -0.0300. The summed E-state index contributed by atoms with van der Waals surface area (Å²) in [6.07, 6.45) is 0. The van der Waals surface area contributed by atoms with Gasteiger partial charge in [0.05, 0.1) is 0 Å². The smallest absolute Gasteiger partial charge is 0.0302 e. The Bertz CT molecular complexity index is 364. The normalized spacial score (nSPS) is 25.5. The third-order valence-corrected chi connectivity index (χ3v) is 6.21. The fourth-order valence-electron chi connectivity index (χ4n) is 2.32. The van der Waals surface area contributed by atoms with Crippen LogP contribution in [0.3, 0.4) is 0 Å². The molecular weight excluding hydrogens is 260 g/mol. The quantitative estimate of drug-likeness (QED) is 0.837. The largest absolute Gasteiger partial charge is 0.311 e. The van der Waals surface area contributed by atoms with E-state index < -0.39 is 0 Å². The summed E-state index contributed by atoms with van der Waals surface area (Å²) in [5.74, 6) is 1.29. The molecule has 1 aliphatic heterocycles. The van der Waals surface area contributed by atoms with Crippen molar-refractivity contribution in [3.8, 4) is 0 Å². The van der Waals surface area contributed by atoms with Crippen LogP contribution in [-0.4, -0.2) is 41.6 Å². The van der Waals surface area contributed by atoms with Crippen LogP contribution in [0.5, 0.6) is 0 Å². The number of hydrogen-bond acceptors (Lipinski definition) is 4. The molecule has 2 unspecified atom stereocenters. The maximum Gasteiger partial charge on any atom is 0.0302 e. The standard InChI is InChI=1S/C14H24N2S2/c1-11-4-8-18-14(11)10-15-5-6-16-7-9-17-13(3)12(16)2/h4,8,12-13,15H,5-7,9-10H2,1-3H3. The van der Waals surface area contributed by atoms with Gasteiger partial charge in [0.15, 0.2) is 0 Å². The first-order valence-electron chi connectivity index (χ1n) is 6.78. The molecule has 102 valence electrons. The first-order chi connectivity index (χ1) is 8.68. The second kappa shape index (κ2) is 6.94. The summed E-state index contributed by atoms with van der Waals surface area (Å²) in [7, 11) is 0. The predicted octanol–water partition coefficient (Wildman–Crippen LogP) is 2.97. The summed E-state index contributed by atoms with van der Waals surface area (Å²) in [5.41, 5.74) is 1.42. The van der Waals surface area contributed by atoms with Crippen LogP contribution >= 0.6 is 23.1 Å². The van der Waals surface area contributed by atoms with E-state index in [1.165, 1.54) is 29.3 Å². The fourth-order valence-corrected chi connectivity index (χ4v) is 4.36. The van der Waals surface area contributed by atoms with E-state index in [0.717, 1.165) is 18.3 Å². The highest BCUT2D eigenvalue weighted by molar-refractivity contribution is 8.00. The van der Waals surface area contributed by atoms with Crippen LogP contribution in [0.1, 0.15) is 24.3 Å². The first kappa shape index (κ1) is 14.4. The van der Waals surface area contributed by atoms with E-state index in [1.54, 1.807) is 0 Å². The van der Waals surface area contributed by atoms with Crippen LogP contribution in [0.4, 0.5) is 0 Å². The number of nitrogens with one attached hydrogen (secondary N) is 1. The summed E-state index contributed by atoms with van der Waals surface area (Å²) in [4.78, 5) is 4.10. The average molecular weight is 284 g/mol. The first-order valence-corrected chi connectivity index (χ1v) is 8.70. The molecule has 0 aromatic carbocycles. The molecule has 0 spiro atoms. The summed E-state index contributed by atoms with van der Waals surface area (Å²) < 4.78 is 0. The van der Waals surface area contributed by atoms with Crippen molar-refractivity contribution in [1.29, 1.82) is 0 Å². The van der Waals surface area contributed by atoms with Crippen molar-refractivity contribution in [3.05, 3.63) is 21.9 Å². The molecule has 0 aliphatic carbocycles. The van der Waals surface area contributed by atoms with Crippen LogP contribution in [0.15, 0.2) is 11.4 Å². The molecule has 2 heterocycles. The summed E-state index contributed by atoms with van der Waals surface area (Å²) >= 11 is 3.97. The zero-order valence-corrected chi connectivity index (χ0v) is 13.2. The molecule has 18 heavy (non-hydrogen) atoms. The van der Waals surface area contributed by atoms with Gasteiger partial charge in [-0.15, -0.1) is 11.3 Å². The Kier molecular flexibility index (Phi) is 5.55. The molecule has 0 bridgehead atoms. The average Bonchev–Trinajstić information content (AvgIpc) is 2.76. The maximum atomic E-state index is 3.57. The van der Waals surface area contributed by atoms with E-state index in [9.17, 15) is 0 Å². The van der Waals surface area contributed by atoms with Gasteiger partial charge < -0.3 is 5.32 Å². The monoisotopic (exact) mass is 284 g/mol. The minimum Gasteiger partial charge on any atom is -0.311 e. The second-order valence-corrected chi connectivity index (χ2v) is 7.54. The molecular formula is C14H24N2S2. The van der Waals surface area contributed by atoms with Crippen molar-refractivity contribution < 1.29 is 0 Å². The van der Waals surface area contributed by atoms with Crippen LogP contribution < -0.4 is 5.32 Å². The second-order valence-electron chi connectivity index (χ2n) is 5.06. The maximum absolute atomic E-state index is 3.57. The third-order valence-electron chi connectivity index (χ3n) is 3.84. The lowest BCUT2D eigenvalue weighted by atomic mass is 10.2. The van der Waals surface area contributed by atoms with Gasteiger partial charge in [0, 0.05) is 48.1 Å². The Morgan fingerprint density at radius 2 is 2.28 bits per heavy atom. The van der Waals surface area contributed by atoms with Crippen molar-refractivity contribution in [2.45, 2.75) is 38.6 Å². The molecule has 4 heteroatoms. The Labute approximate surface area is 119 Å². The summed E-state index contributed by atoms with van der Waals surface area (Å²) in [5, 5.41) is 6.53. The van der Waals surface area contributed by atoms with E-state index in [0.29, 0.717) is 6.04 Å². The van der Waals surface area contributed by atoms with Crippen molar-refractivity contribution in [3.63, 3.8) is 0 Å². The molecule has 2 nitrogen and oxygen atoms in total.